The molecule has 0 aliphatic carbocycles. The second-order valence-electron chi connectivity index (χ2n) is 2.85. The molecule has 0 aromatic carbocycles. The van der Waals surface area contributed by atoms with Gasteiger partial charge in [0.05, 0.1) is 6.33 Å². The highest BCUT2D eigenvalue weighted by Crippen LogP contribution is 2.02. The Morgan fingerprint density at radius 2 is 2.38 bits per heavy atom. The number of fused-ring (bicyclic) bond motifs is 1. The third kappa shape index (κ3) is 1.75. The smallest absolute Gasteiger partial charge is 0.278 e. The fraction of sp³-hybridized carbons (Fsp3) is 0. The normalized spacial score (nSPS) is 11.6. The van der Waals surface area contributed by atoms with Gasteiger partial charge in [-0.2, -0.15) is 4.98 Å². The Balaban J connectivity index is 2.39. The maximum absolute atomic E-state index is 11.4. The van der Waals surface area contributed by atoms with Crippen molar-refractivity contribution in [1.82, 2.24) is 19.9 Å². The minimum absolute atomic E-state index is 0.0815. The summed E-state index contributed by atoms with van der Waals surface area (Å²) in [6, 6.07) is 0. The van der Waals surface area contributed by atoms with Crippen molar-refractivity contribution >= 4 is 23.4 Å². The number of aliphatic hydroxyl groups excluding tert-OH is 1. The molecule has 0 saturated heterocycles. The van der Waals surface area contributed by atoms with Crippen LogP contribution in [0.1, 0.15) is 0 Å². The minimum atomic E-state index is -0.509. The van der Waals surface area contributed by atoms with E-state index in [1.807, 2.05) is 0 Å². The summed E-state index contributed by atoms with van der Waals surface area (Å²) >= 11 is 0. The van der Waals surface area contributed by atoms with Gasteiger partial charge in [-0.05, 0) is 0 Å². The summed E-state index contributed by atoms with van der Waals surface area (Å²) in [5.41, 5.74) is 0.100. The molecule has 8 nitrogen and oxygen atoms in total. The Bertz CT molecular complexity index is 611. The van der Waals surface area contributed by atoms with E-state index < -0.39 is 11.3 Å². The predicted molar refractivity (Wildman–Crippen MR) is 54.9 cm³/mol. The van der Waals surface area contributed by atoms with Crippen molar-refractivity contribution in [3.63, 3.8) is 0 Å². The van der Waals surface area contributed by atoms with Gasteiger partial charge in [-0.1, -0.05) is 0 Å². The second-order valence-corrected chi connectivity index (χ2v) is 2.85. The van der Waals surface area contributed by atoms with Crippen LogP contribution in [-0.4, -0.2) is 31.3 Å². The molecule has 16 heavy (non-hydrogen) atoms. The highest BCUT2D eigenvalue weighted by atomic mass is 16.3. The van der Waals surface area contributed by atoms with Gasteiger partial charge >= 0.3 is 0 Å². The number of nitrogens with one attached hydrogen (secondary N) is 3. The fourth-order valence-corrected chi connectivity index (χ4v) is 1.09. The summed E-state index contributed by atoms with van der Waals surface area (Å²) in [5, 5.41) is 11.3. The van der Waals surface area contributed by atoms with E-state index in [1.165, 1.54) is 6.33 Å². The number of nitrogens with zero attached hydrogens (tertiary/aromatic N) is 2. The monoisotopic (exact) mass is 221 g/mol. The first-order chi connectivity index (χ1) is 7.70. The first-order valence-electron chi connectivity index (χ1n) is 4.25. The number of hydrogen-bond acceptors (Lipinski definition) is 6. The van der Waals surface area contributed by atoms with Crippen LogP contribution in [0.15, 0.2) is 23.1 Å². The molecule has 0 unspecified atom stereocenters. The Hall–Kier alpha value is -2.64. The maximum atomic E-state index is 11.4. The third-order valence-electron chi connectivity index (χ3n) is 1.77. The zero-order chi connectivity index (χ0) is 11.5. The molecule has 2 rings (SSSR count). The lowest BCUT2D eigenvalue weighted by Crippen LogP contribution is -2.11. The van der Waals surface area contributed by atoms with Crippen LogP contribution in [0.3, 0.4) is 0 Å². The van der Waals surface area contributed by atoms with E-state index in [9.17, 15) is 9.59 Å². The van der Waals surface area contributed by atoms with E-state index in [2.05, 4.69) is 25.3 Å². The van der Waals surface area contributed by atoms with Gasteiger partial charge in [0.2, 0.25) is 5.95 Å². The molecule has 0 saturated carbocycles. The summed E-state index contributed by atoms with van der Waals surface area (Å²) in [6.45, 7) is 0. The first-order valence-corrected chi connectivity index (χ1v) is 4.25. The number of allylic oxidation sites excluding steroid dienone is 1. The SMILES string of the molecule is O=CC(O)=CNc1nc2nc[nH]c2c(=O)[nH]1. The summed E-state index contributed by atoms with van der Waals surface area (Å²) in [4.78, 5) is 34.3. The zero-order valence-corrected chi connectivity index (χ0v) is 7.89. The van der Waals surface area contributed by atoms with Crippen molar-refractivity contribution in [1.29, 1.82) is 0 Å². The number of aldehydes is 1. The van der Waals surface area contributed by atoms with E-state index in [1.54, 1.807) is 0 Å². The molecule has 0 aliphatic rings. The van der Waals surface area contributed by atoms with Gasteiger partial charge in [-0.15, -0.1) is 0 Å². The lowest BCUT2D eigenvalue weighted by molar-refractivity contribution is -0.106. The van der Waals surface area contributed by atoms with Crippen LogP contribution < -0.4 is 10.9 Å². The topological polar surface area (TPSA) is 124 Å². The molecule has 0 radical (unpaired) electrons. The van der Waals surface area contributed by atoms with Crippen molar-refractivity contribution in [2.75, 3.05) is 5.32 Å². The van der Waals surface area contributed by atoms with Crippen LogP contribution in [0.5, 0.6) is 0 Å². The van der Waals surface area contributed by atoms with Crippen LogP contribution in [0, 0.1) is 0 Å². The molecule has 0 spiro atoms. The van der Waals surface area contributed by atoms with Crippen molar-refractivity contribution < 1.29 is 9.90 Å². The molecular weight excluding hydrogens is 214 g/mol. The number of rotatable bonds is 3. The van der Waals surface area contributed by atoms with Gasteiger partial charge in [-0.25, -0.2) is 4.98 Å². The van der Waals surface area contributed by atoms with Gasteiger partial charge in [-0.3, -0.25) is 14.6 Å². The molecule has 82 valence electrons. The summed E-state index contributed by atoms with van der Waals surface area (Å²) in [7, 11) is 0. The Kier molecular flexibility index (Phi) is 2.38. The lowest BCUT2D eigenvalue weighted by Gasteiger charge is -1.98. The molecule has 2 aromatic rings. The van der Waals surface area contributed by atoms with Crippen LogP contribution in [0.25, 0.3) is 11.2 Å². The average molecular weight is 221 g/mol. The van der Waals surface area contributed by atoms with Gasteiger partial charge in [0.1, 0.15) is 0 Å². The minimum Gasteiger partial charge on any atom is -0.504 e. The number of hydrogen-bond donors (Lipinski definition) is 4. The largest absolute Gasteiger partial charge is 0.504 e. The highest BCUT2D eigenvalue weighted by Gasteiger charge is 2.04. The summed E-state index contributed by atoms with van der Waals surface area (Å²) in [6.07, 6.45) is 2.59. The third-order valence-corrected chi connectivity index (χ3v) is 1.77. The predicted octanol–water partition coefficient (Wildman–Crippen LogP) is -0.344. The molecule has 2 heterocycles. The second kappa shape index (κ2) is 3.85. The van der Waals surface area contributed by atoms with Crippen LogP contribution in [0.4, 0.5) is 5.95 Å². The molecule has 2 aromatic heterocycles. The number of aliphatic hydroxyl groups is 1. The van der Waals surface area contributed by atoms with E-state index >= 15 is 0 Å². The molecule has 0 fully saturated rings. The van der Waals surface area contributed by atoms with Gasteiger partial charge in [0, 0.05) is 6.20 Å². The van der Waals surface area contributed by atoms with Crippen LogP contribution in [-0.2, 0) is 4.79 Å². The Morgan fingerprint density at radius 1 is 1.56 bits per heavy atom. The standard InChI is InChI=1S/C8H7N5O3/c14-2-4(15)1-9-8-12-6-5(7(16)13-8)10-3-11-6/h1-3,15H,(H3,9,10,11,12,13,16). The Labute approximate surface area is 88.1 Å². The number of imidazole rings is 1. The van der Waals surface area contributed by atoms with E-state index in [0.29, 0.717) is 0 Å². The summed E-state index contributed by atoms with van der Waals surface area (Å²) < 4.78 is 0. The lowest BCUT2D eigenvalue weighted by atomic mass is 10.5. The number of aromatic amines is 2. The molecule has 0 amide bonds. The molecular formula is C8H7N5O3. The van der Waals surface area contributed by atoms with Crippen LogP contribution >= 0.6 is 0 Å². The Morgan fingerprint density at radius 3 is 3.12 bits per heavy atom. The highest BCUT2D eigenvalue weighted by molar-refractivity contribution is 5.71. The number of carbonyl (C=O) groups excluding carboxylic acids is 1. The number of H-pyrrole nitrogens is 2. The van der Waals surface area contributed by atoms with E-state index in [-0.39, 0.29) is 23.4 Å². The van der Waals surface area contributed by atoms with Gasteiger partial charge in [0.25, 0.3) is 5.56 Å². The van der Waals surface area contributed by atoms with E-state index in [4.69, 9.17) is 5.11 Å². The van der Waals surface area contributed by atoms with Crippen molar-refractivity contribution in [2.45, 2.75) is 0 Å². The number of carbonyl (C=O) groups is 1. The molecule has 4 N–H and O–H groups in total. The van der Waals surface area contributed by atoms with Gasteiger partial charge < -0.3 is 15.4 Å². The average Bonchev–Trinajstić information content (AvgIpc) is 2.74. The fourth-order valence-electron chi connectivity index (χ4n) is 1.09. The number of anilines is 1. The molecule has 0 bridgehead atoms. The van der Waals surface area contributed by atoms with Crippen LogP contribution in [0.2, 0.25) is 0 Å². The molecule has 0 aliphatic heterocycles. The van der Waals surface area contributed by atoms with Gasteiger partial charge in [0.15, 0.2) is 23.2 Å². The number of aromatic nitrogens is 4. The van der Waals surface area contributed by atoms with Crippen molar-refractivity contribution in [3.05, 3.63) is 28.6 Å². The first kappa shape index (κ1) is 9.90. The summed E-state index contributed by atoms with van der Waals surface area (Å²) in [5.74, 6) is -0.428. The van der Waals surface area contributed by atoms with E-state index in [0.717, 1.165) is 6.20 Å². The zero-order valence-electron chi connectivity index (χ0n) is 7.89. The quantitative estimate of drug-likeness (QED) is 0.319. The molecule has 8 heteroatoms. The van der Waals surface area contributed by atoms with Crippen molar-refractivity contribution in [3.8, 4) is 0 Å². The maximum Gasteiger partial charge on any atom is 0.278 e. The molecule has 0 atom stereocenters. The van der Waals surface area contributed by atoms with Crippen molar-refractivity contribution in [2.24, 2.45) is 0 Å².